The first-order chi connectivity index (χ1) is 12.0. The molecule has 2 aromatic carbocycles. The highest BCUT2D eigenvalue weighted by molar-refractivity contribution is 6.31. The fraction of sp³-hybridized carbons (Fsp3) is 0.263. The average molecular weight is 360 g/mol. The quantitative estimate of drug-likeness (QED) is 0.488. The molecular weight excluding hydrogens is 342 g/mol. The lowest BCUT2D eigenvalue weighted by Gasteiger charge is -2.31. The van der Waals surface area contributed by atoms with Crippen molar-refractivity contribution in [3.05, 3.63) is 65.2 Å². The van der Waals surface area contributed by atoms with Crippen molar-refractivity contribution >= 4 is 23.5 Å². The molecule has 130 valence electrons. The van der Waals surface area contributed by atoms with E-state index in [2.05, 4.69) is 5.32 Å². The van der Waals surface area contributed by atoms with Crippen LogP contribution >= 0.6 is 11.6 Å². The predicted octanol–water partition coefficient (Wildman–Crippen LogP) is 2.85. The van der Waals surface area contributed by atoms with Crippen LogP contribution in [0.2, 0.25) is 0 Å². The summed E-state index contributed by atoms with van der Waals surface area (Å²) in [5.74, 6) is -1.17. The fourth-order valence-electron chi connectivity index (χ4n) is 2.92. The molecular formula is C19H18ClNO4. The summed E-state index contributed by atoms with van der Waals surface area (Å²) in [5, 5.41) is 11.6. The van der Waals surface area contributed by atoms with E-state index >= 15 is 0 Å². The molecule has 25 heavy (non-hydrogen) atoms. The Labute approximate surface area is 150 Å². The van der Waals surface area contributed by atoms with Gasteiger partial charge in [0.05, 0.1) is 6.04 Å². The monoisotopic (exact) mass is 359 g/mol. The van der Waals surface area contributed by atoms with Gasteiger partial charge in [0.1, 0.15) is 11.8 Å². The van der Waals surface area contributed by atoms with Crippen LogP contribution < -0.4 is 10.1 Å². The lowest BCUT2D eigenvalue weighted by atomic mass is 9.96. The maximum Gasteiger partial charge on any atom is 0.331 e. The summed E-state index contributed by atoms with van der Waals surface area (Å²) in [6.45, 7) is 1.91. The summed E-state index contributed by atoms with van der Waals surface area (Å²) in [5.41, 5.74) is 2.55. The molecule has 3 rings (SSSR count). The second-order valence-electron chi connectivity index (χ2n) is 6.09. The minimum Gasteiger partial charge on any atom is -0.480 e. The number of ether oxygens (including phenoxy) is 1. The summed E-state index contributed by atoms with van der Waals surface area (Å²) >= 11 is 6.23. The number of halogens is 1. The van der Waals surface area contributed by atoms with Gasteiger partial charge in [-0.3, -0.25) is 10.1 Å². The predicted molar refractivity (Wildman–Crippen MR) is 93.9 cm³/mol. The zero-order valence-corrected chi connectivity index (χ0v) is 14.4. The Morgan fingerprint density at radius 2 is 2.00 bits per heavy atom. The van der Waals surface area contributed by atoms with E-state index in [1.165, 1.54) is 0 Å². The smallest absolute Gasteiger partial charge is 0.331 e. The number of carbonyl (C=O) groups excluding carboxylic acids is 1. The molecule has 0 spiro atoms. The lowest BCUT2D eigenvalue weighted by Crippen LogP contribution is -2.47. The van der Waals surface area contributed by atoms with Crippen molar-refractivity contribution in [3.63, 3.8) is 0 Å². The summed E-state index contributed by atoms with van der Waals surface area (Å²) in [6, 6.07) is 13.2. The largest absolute Gasteiger partial charge is 0.480 e. The fourth-order valence-corrected chi connectivity index (χ4v) is 3.17. The average Bonchev–Trinajstić information content (AvgIpc) is 2.59. The van der Waals surface area contributed by atoms with Gasteiger partial charge in [0.25, 0.3) is 0 Å². The van der Waals surface area contributed by atoms with Crippen LogP contribution in [0, 0.1) is 6.92 Å². The molecule has 5 nitrogen and oxygen atoms in total. The second kappa shape index (κ2) is 7.25. The number of carboxylic acids is 1. The van der Waals surface area contributed by atoms with Gasteiger partial charge >= 0.3 is 11.9 Å². The number of hydrogen-bond donors (Lipinski definition) is 2. The van der Waals surface area contributed by atoms with E-state index in [9.17, 15) is 14.7 Å². The van der Waals surface area contributed by atoms with Crippen molar-refractivity contribution in [1.82, 2.24) is 5.32 Å². The Morgan fingerprint density at radius 1 is 1.28 bits per heavy atom. The first-order valence-electron chi connectivity index (χ1n) is 7.95. The van der Waals surface area contributed by atoms with Crippen LogP contribution in [0.15, 0.2) is 48.5 Å². The molecule has 6 heteroatoms. The maximum absolute atomic E-state index is 12.0. The second-order valence-corrected chi connectivity index (χ2v) is 6.56. The van der Waals surface area contributed by atoms with Crippen LogP contribution in [-0.2, 0) is 16.0 Å². The molecule has 0 bridgehead atoms. The number of alkyl halides is 1. The summed E-state index contributed by atoms with van der Waals surface area (Å²) in [7, 11) is 0. The van der Waals surface area contributed by atoms with Gasteiger partial charge in [0.2, 0.25) is 0 Å². The molecule has 2 N–H and O–H groups in total. The highest BCUT2D eigenvalue weighted by Crippen LogP contribution is 2.36. The van der Waals surface area contributed by atoms with Crippen LogP contribution in [0.5, 0.6) is 5.75 Å². The number of fused-ring (bicyclic) bond motifs is 1. The van der Waals surface area contributed by atoms with Gasteiger partial charge in [0, 0.05) is 5.56 Å². The molecule has 1 aliphatic rings. The van der Waals surface area contributed by atoms with Gasteiger partial charge in [-0.2, -0.15) is 0 Å². The number of nitrogens with one attached hydrogen (secondary N) is 1. The van der Waals surface area contributed by atoms with E-state index in [-0.39, 0.29) is 6.42 Å². The number of hydrogen-bond acceptors (Lipinski definition) is 4. The van der Waals surface area contributed by atoms with Crippen molar-refractivity contribution in [1.29, 1.82) is 0 Å². The number of carbonyl (C=O) groups is 2. The molecule has 0 saturated heterocycles. The van der Waals surface area contributed by atoms with Crippen molar-refractivity contribution in [3.8, 4) is 5.75 Å². The topological polar surface area (TPSA) is 75.6 Å². The molecule has 2 aromatic rings. The molecule has 0 aromatic heterocycles. The van der Waals surface area contributed by atoms with E-state index in [4.69, 9.17) is 16.3 Å². The molecule has 0 unspecified atom stereocenters. The van der Waals surface area contributed by atoms with Gasteiger partial charge in [0.15, 0.2) is 5.38 Å². The Balaban J connectivity index is 1.89. The zero-order valence-electron chi connectivity index (χ0n) is 13.6. The molecule has 0 amide bonds. The number of aliphatic carboxylic acids is 1. The van der Waals surface area contributed by atoms with Crippen LogP contribution in [0.25, 0.3) is 0 Å². The maximum atomic E-state index is 12.0. The third kappa shape index (κ3) is 3.83. The standard InChI is InChI=1S/C19H18ClNO4/c1-11-7-8-15-13(9-11)17(16(20)19(24)25-15)21-14(18(22)23)10-12-5-3-2-4-6-12/h2-9,14,16-17,21H,10H2,1H3,(H,22,23)/t14-,16-,17+/m0/s1. The van der Waals surface area contributed by atoms with E-state index in [0.717, 1.165) is 11.1 Å². The number of rotatable bonds is 5. The van der Waals surface area contributed by atoms with Crippen LogP contribution in [0.4, 0.5) is 0 Å². The van der Waals surface area contributed by atoms with E-state index in [0.29, 0.717) is 11.3 Å². The Hall–Kier alpha value is -2.37. The molecule has 0 radical (unpaired) electrons. The Bertz CT molecular complexity index is 793. The lowest BCUT2D eigenvalue weighted by molar-refractivity contribution is -0.141. The van der Waals surface area contributed by atoms with Gasteiger partial charge < -0.3 is 9.84 Å². The van der Waals surface area contributed by atoms with E-state index < -0.39 is 29.4 Å². The first kappa shape index (κ1) is 17.5. The van der Waals surface area contributed by atoms with Crippen molar-refractivity contribution in [2.75, 3.05) is 0 Å². The molecule has 3 atom stereocenters. The van der Waals surface area contributed by atoms with Crippen LogP contribution in [0.1, 0.15) is 22.7 Å². The highest BCUT2D eigenvalue weighted by atomic mass is 35.5. The molecule has 1 heterocycles. The van der Waals surface area contributed by atoms with Crippen LogP contribution in [0.3, 0.4) is 0 Å². The summed E-state index contributed by atoms with van der Waals surface area (Å²) in [6.07, 6.45) is 0.284. The molecule has 0 saturated carbocycles. The number of esters is 1. The zero-order chi connectivity index (χ0) is 18.0. The first-order valence-corrected chi connectivity index (χ1v) is 8.38. The number of aryl methyl sites for hydroxylation is 1. The highest BCUT2D eigenvalue weighted by Gasteiger charge is 2.38. The van der Waals surface area contributed by atoms with E-state index in [1.807, 2.05) is 49.4 Å². The Morgan fingerprint density at radius 3 is 2.68 bits per heavy atom. The third-order valence-electron chi connectivity index (χ3n) is 4.19. The van der Waals surface area contributed by atoms with Crippen LogP contribution in [-0.4, -0.2) is 28.5 Å². The Kier molecular flexibility index (Phi) is 5.06. The summed E-state index contributed by atoms with van der Waals surface area (Å²) < 4.78 is 5.23. The molecule has 0 fully saturated rings. The number of benzene rings is 2. The third-order valence-corrected chi connectivity index (χ3v) is 4.62. The van der Waals surface area contributed by atoms with E-state index in [1.54, 1.807) is 6.07 Å². The SMILES string of the molecule is Cc1ccc2c(c1)[C@@H](N[C@@H](Cc1ccccc1)C(=O)O)[C@H](Cl)C(=O)O2. The number of carboxylic acid groups (broad SMARTS) is 1. The molecule has 1 aliphatic heterocycles. The van der Waals surface area contributed by atoms with Crippen molar-refractivity contribution in [2.24, 2.45) is 0 Å². The van der Waals surface area contributed by atoms with Gasteiger partial charge in [-0.25, -0.2) is 4.79 Å². The van der Waals surface area contributed by atoms with Gasteiger partial charge in [-0.1, -0.05) is 48.0 Å². The normalized spacial score (nSPS) is 20.5. The summed E-state index contributed by atoms with van der Waals surface area (Å²) in [4.78, 5) is 23.7. The minimum absolute atomic E-state index is 0.284. The van der Waals surface area contributed by atoms with Gasteiger partial charge in [-0.05, 0) is 25.0 Å². The van der Waals surface area contributed by atoms with Crippen molar-refractivity contribution in [2.45, 2.75) is 30.8 Å². The molecule has 0 aliphatic carbocycles. The van der Waals surface area contributed by atoms with Gasteiger partial charge in [-0.15, -0.1) is 11.6 Å². The minimum atomic E-state index is -0.999. The van der Waals surface area contributed by atoms with Crippen molar-refractivity contribution < 1.29 is 19.4 Å².